The molecule has 9 nitrogen and oxygen atoms in total. The lowest BCUT2D eigenvalue weighted by atomic mass is 9.85. The maximum Gasteiger partial charge on any atom is 0.233 e. The van der Waals surface area contributed by atoms with Crippen molar-refractivity contribution < 1.29 is 9.59 Å². The number of hydrogen-bond donors (Lipinski definition) is 2. The second kappa shape index (κ2) is 8.57. The van der Waals surface area contributed by atoms with Gasteiger partial charge in [0, 0.05) is 38.2 Å². The Morgan fingerprint density at radius 1 is 1.16 bits per heavy atom. The predicted molar refractivity (Wildman–Crippen MR) is 119 cm³/mol. The molecule has 3 heterocycles. The lowest BCUT2D eigenvalue weighted by Gasteiger charge is -2.18. The van der Waals surface area contributed by atoms with Crippen molar-refractivity contribution in [3.63, 3.8) is 0 Å². The fraction of sp³-hybridized carbons (Fsp3) is 0.435. The highest BCUT2D eigenvalue weighted by atomic mass is 16.2. The molecule has 2 fully saturated rings. The summed E-state index contributed by atoms with van der Waals surface area (Å²) in [5.41, 5.74) is 1.00. The van der Waals surface area contributed by atoms with E-state index in [0.29, 0.717) is 32.1 Å². The summed E-state index contributed by atoms with van der Waals surface area (Å²) in [6.45, 7) is 3.99. The van der Waals surface area contributed by atoms with E-state index in [-0.39, 0.29) is 35.5 Å². The SMILES string of the molecule is CCNC(=NCc1ccnc(-n2cccn2)c1)NCCN1C(=O)C2C3C=CC(C3)C2C1=O. The number of aliphatic imine (C=N–C) groups is 1. The van der Waals surface area contributed by atoms with Crippen LogP contribution >= 0.6 is 0 Å². The Labute approximate surface area is 186 Å². The zero-order valence-electron chi connectivity index (χ0n) is 18.0. The van der Waals surface area contributed by atoms with Crippen LogP contribution in [0.2, 0.25) is 0 Å². The Bertz CT molecular complexity index is 1030. The number of aromatic nitrogens is 3. The molecule has 2 bridgehead atoms. The van der Waals surface area contributed by atoms with Crippen molar-refractivity contribution >= 4 is 17.8 Å². The van der Waals surface area contributed by atoms with Gasteiger partial charge in [0.1, 0.15) is 0 Å². The molecule has 1 saturated heterocycles. The highest BCUT2D eigenvalue weighted by molar-refractivity contribution is 6.06. The van der Waals surface area contributed by atoms with E-state index in [4.69, 9.17) is 0 Å². The highest BCUT2D eigenvalue weighted by Crippen LogP contribution is 2.52. The third-order valence-electron chi connectivity index (χ3n) is 6.50. The largest absolute Gasteiger partial charge is 0.357 e. The third-order valence-corrected chi connectivity index (χ3v) is 6.50. The first kappa shape index (κ1) is 20.4. The van der Waals surface area contributed by atoms with E-state index in [1.165, 1.54) is 4.90 Å². The Morgan fingerprint density at radius 3 is 2.62 bits per heavy atom. The van der Waals surface area contributed by atoms with Crippen LogP contribution < -0.4 is 10.6 Å². The second-order valence-electron chi connectivity index (χ2n) is 8.42. The zero-order valence-corrected chi connectivity index (χ0v) is 18.0. The molecule has 1 saturated carbocycles. The minimum atomic E-state index is -0.143. The number of carbonyl (C=O) groups excluding carboxylic acids is 2. The van der Waals surface area contributed by atoms with E-state index in [1.54, 1.807) is 17.1 Å². The first-order valence-electron chi connectivity index (χ1n) is 11.2. The highest BCUT2D eigenvalue weighted by Gasteiger charge is 2.58. The van der Waals surface area contributed by atoms with E-state index in [1.807, 2.05) is 31.3 Å². The van der Waals surface area contributed by atoms with Crippen LogP contribution in [0.1, 0.15) is 18.9 Å². The average Bonchev–Trinajstić information content (AvgIpc) is 3.59. The molecule has 1 aliphatic heterocycles. The molecule has 5 rings (SSSR count). The summed E-state index contributed by atoms with van der Waals surface area (Å²) in [6.07, 6.45) is 10.5. The van der Waals surface area contributed by atoms with Crippen molar-refractivity contribution in [3.8, 4) is 5.82 Å². The number of allylic oxidation sites excluding steroid dienone is 2. The molecule has 2 amide bonds. The number of pyridine rings is 1. The minimum Gasteiger partial charge on any atom is -0.357 e. The van der Waals surface area contributed by atoms with Crippen LogP contribution in [0.25, 0.3) is 5.82 Å². The van der Waals surface area contributed by atoms with Gasteiger partial charge >= 0.3 is 0 Å². The van der Waals surface area contributed by atoms with Crippen molar-refractivity contribution in [2.45, 2.75) is 19.9 Å². The average molecular weight is 434 g/mol. The predicted octanol–water partition coefficient (Wildman–Crippen LogP) is 1.13. The van der Waals surface area contributed by atoms with Gasteiger partial charge in [0.2, 0.25) is 11.8 Å². The normalized spacial score (nSPS) is 26.2. The fourth-order valence-electron chi connectivity index (χ4n) is 5.07. The number of carbonyl (C=O) groups is 2. The second-order valence-corrected chi connectivity index (χ2v) is 8.42. The first-order valence-corrected chi connectivity index (χ1v) is 11.2. The summed E-state index contributed by atoms with van der Waals surface area (Å²) in [5.74, 6) is 1.56. The van der Waals surface area contributed by atoms with Crippen LogP contribution in [0.15, 0.2) is 53.9 Å². The Balaban J connectivity index is 1.19. The number of likely N-dealkylation sites (tertiary alicyclic amines) is 1. The summed E-state index contributed by atoms with van der Waals surface area (Å²) in [7, 11) is 0. The molecular weight excluding hydrogens is 406 g/mol. The number of hydrogen-bond acceptors (Lipinski definition) is 5. The van der Waals surface area contributed by atoms with Gasteiger partial charge in [-0.2, -0.15) is 5.10 Å². The van der Waals surface area contributed by atoms with Gasteiger partial charge in [0.05, 0.1) is 18.4 Å². The number of amides is 2. The van der Waals surface area contributed by atoms with Crippen LogP contribution in [0.3, 0.4) is 0 Å². The lowest BCUT2D eigenvalue weighted by molar-refractivity contribution is -0.140. The Hall–Kier alpha value is -3.49. The number of nitrogens with one attached hydrogen (secondary N) is 2. The number of guanidine groups is 1. The molecule has 0 radical (unpaired) electrons. The molecule has 4 atom stereocenters. The molecular formula is C23H27N7O2. The van der Waals surface area contributed by atoms with Crippen molar-refractivity contribution in [2.75, 3.05) is 19.6 Å². The van der Waals surface area contributed by atoms with E-state index >= 15 is 0 Å². The molecule has 3 aliphatic rings. The monoisotopic (exact) mass is 433 g/mol. The number of rotatable bonds is 7. The van der Waals surface area contributed by atoms with E-state index in [2.05, 4.69) is 37.9 Å². The van der Waals surface area contributed by atoms with E-state index in [0.717, 1.165) is 17.8 Å². The molecule has 2 aliphatic carbocycles. The standard InChI is InChI=1S/C23H27N7O2/c1-2-24-23(27-14-15-6-8-25-18(12-15)30-10-3-7-28-30)26-9-11-29-21(31)19-16-4-5-17(13-16)20(19)22(29)32/h3-8,10,12,16-17,19-20H,2,9,11,13-14H2,1H3,(H2,24,26,27). The quantitative estimate of drug-likeness (QED) is 0.294. The van der Waals surface area contributed by atoms with Crippen molar-refractivity contribution in [2.24, 2.45) is 28.7 Å². The molecule has 0 aromatic carbocycles. The third kappa shape index (κ3) is 3.68. The minimum absolute atomic E-state index is 0.0106. The van der Waals surface area contributed by atoms with Gasteiger partial charge in [-0.3, -0.25) is 14.5 Å². The molecule has 2 N–H and O–H groups in total. The number of imide groups is 1. The summed E-state index contributed by atoms with van der Waals surface area (Å²) in [4.78, 5) is 36.0. The van der Waals surface area contributed by atoms with Crippen LogP contribution in [0.4, 0.5) is 0 Å². The van der Waals surface area contributed by atoms with Gasteiger partial charge in [-0.15, -0.1) is 0 Å². The zero-order chi connectivity index (χ0) is 22.1. The smallest absolute Gasteiger partial charge is 0.233 e. The summed E-state index contributed by atoms with van der Waals surface area (Å²) >= 11 is 0. The fourth-order valence-corrected chi connectivity index (χ4v) is 5.07. The molecule has 32 heavy (non-hydrogen) atoms. The van der Waals surface area contributed by atoms with Gasteiger partial charge in [0.15, 0.2) is 11.8 Å². The number of fused-ring (bicyclic) bond motifs is 5. The molecule has 4 unspecified atom stereocenters. The van der Waals surface area contributed by atoms with Gasteiger partial charge in [0.25, 0.3) is 0 Å². The number of nitrogens with zero attached hydrogens (tertiary/aromatic N) is 5. The Morgan fingerprint density at radius 2 is 1.94 bits per heavy atom. The Kier molecular flexibility index (Phi) is 5.46. The lowest BCUT2D eigenvalue weighted by Crippen LogP contribution is -2.43. The van der Waals surface area contributed by atoms with Gasteiger partial charge in [-0.1, -0.05) is 12.2 Å². The van der Waals surface area contributed by atoms with Crippen molar-refractivity contribution in [1.29, 1.82) is 0 Å². The molecule has 2 aromatic heterocycles. The van der Waals surface area contributed by atoms with Crippen molar-refractivity contribution in [1.82, 2.24) is 30.3 Å². The first-order chi connectivity index (χ1) is 15.7. The molecule has 2 aromatic rings. The van der Waals surface area contributed by atoms with Crippen LogP contribution in [-0.4, -0.2) is 57.1 Å². The maximum absolute atomic E-state index is 12.8. The molecule has 166 valence electrons. The van der Waals surface area contributed by atoms with Gasteiger partial charge in [-0.05, 0) is 48.9 Å². The summed E-state index contributed by atoms with van der Waals surface area (Å²) < 4.78 is 1.71. The van der Waals surface area contributed by atoms with Crippen LogP contribution in [0.5, 0.6) is 0 Å². The molecule has 0 spiro atoms. The van der Waals surface area contributed by atoms with E-state index < -0.39 is 0 Å². The molecule has 9 heteroatoms. The van der Waals surface area contributed by atoms with Crippen molar-refractivity contribution in [3.05, 3.63) is 54.5 Å². The topological polar surface area (TPSA) is 105 Å². The van der Waals surface area contributed by atoms with Gasteiger partial charge in [-0.25, -0.2) is 14.7 Å². The van der Waals surface area contributed by atoms with Crippen LogP contribution in [0, 0.1) is 23.7 Å². The summed E-state index contributed by atoms with van der Waals surface area (Å²) in [5, 5.41) is 10.7. The summed E-state index contributed by atoms with van der Waals surface area (Å²) in [6, 6.07) is 5.72. The van der Waals surface area contributed by atoms with Crippen LogP contribution in [-0.2, 0) is 16.1 Å². The maximum atomic E-state index is 12.8. The van der Waals surface area contributed by atoms with E-state index in [9.17, 15) is 9.59 Å². The van der Waals surface area contributed by atoms with Gasteiger partial charge < -0.3 is 10.6 Å².